The molecule has 1 aliphatic heterocycles. The highest BCUT2D eigenvalue weighted by molar-refractivity contribution is 6.61. The van der Waals surface area contributed by atoms with E-state index < -0.39 is 28.1 Å². The van der Waals surface area contributed by atoms with Crippen LogP contribution in [0.3, 0.4) is 0 Å². The Balaban J connectivity index is 2.13. The van der Waals surface area contributed by atoms with Gasteiger partial charge in [0.1, 0.15) is 24.5 Å². The number of aromatic nitrogens is 4. The second kappa shape index (κ2) is 6.82. The first-order chi connectivity index (χ1) is 12.2. The number of tetrazole rings is 1. The van der Waals surface area contributed by atoms with E-state index in [1.807, 2.05) is 0 Å². The average molecular weight is 402 g/mol. The normalized spacial score (nSPS) is 17.1. The number of ketones is 1. The topological polar surface area (TPSA) is 93.3 Å². The fourth-order valence-corrected chi connectivity index (χ4v) is 3.09. The summed E-state index contributed by atoms with van der Waals surface area (Å²) in [5, 5.41) is 21.8. The smallest absolute Gasteiger partial charge is 0.193 e. The van der Waals surface area contributed by atoms with Gasteiger partial charge in [-0.1, -0.05) is 29.3 Å². The molecule has 0 saturated heterocycles. The molecule has 3 rings (SSSR count). The van der Waals surface area contributed by atoms with E-state index in [0.717, 1.165) is 23.1 Å². The molecule has 1 aromatic carbocycles. The first kappa shape index (κ1) is 18.6. The van der Waals surface area contributed by atoms with Gasteiger partial charge in [-0.15, -0.1) is 5.10 Å². The van der Waals surface area contributed by atoms with Crippen LogP contribution >= 0.6 is 23.2 Å². The molecule has 1 unspecified atom stereocenters. The first-order valence-corrected chi connectivity index (χ1v) is 8.02. The second-order valence-corrected chi connectivity index (χ2v) is 6.89. The van der Waals surface area contributed by atoms with Crippen molar-refractivity contribution >= 4 is 34.7 Å². The Morgan fingerprint density at radius 1 is 1.27 bits per heavy atom. The van der Waals surface area contributed by atoms with Crippen LogP contribution in [-0.2, 0) is 16.9 Å². The Kier molecular flexibility index (Phi) is 4.87. The van der Waals surface area contributed by atoms with Gasteiger partial charge >= 0.3 is 0 Å². The van der Waals surface area contributed by atoms with Gasteiger partial charge in [-0.3, -0.25) is 9.79 Å². The van der Waals surface area contributed by atoms with Crippen LogP contribution in [0.15, 0.2) is 41.7 Å². The standard InChI is InChI=1S/C15H11Cl2F2N5O2/c16-15(17,13-4-2-10(25)6-20-13)14(26,7-24-8-21-22-23-24)11-3-1-9(18)5-12(11)19/h1-5,8,26H,6-7H2. The molecule has 1 atom stereocenters. The number of aliphatic hydroxyl groups is 1. The average Bonchev–Trinajstić information content (AvgIpc) is 3.07. The van der Waals surface area contributed by atoms with Crippen molar-refractivity contribution in [2.75, 3.05) is 6.54 Å². The molecule has 1 N–H and O–H groups in total. The quantitative estimate of drug-likeness (QED) is 0.767. The molecular weight excluding hydrogens is 391 g/mol. The zero-order valence-electron chi connectivity index (χ0n) is 13.0. The van der Waals surface area contributed by atoms with Gasteiger partial charge in [0, 0.05) is 11.6 Å². The molecule has 1 aromatic heterocycles. The van der Waals surface area contributed by atoms with E-state index in [1.165, 1.54) is 12.2 Å². The van der Waals surface area contributed by atoms with E-state index in [4.69, 9.17) is 23.2 Å². The van der Waals surface area contributed by atoms with E-state index in [0.29, 0.717) is 6.07 Å². The predicted molar refractivity (Wildman–Crippen MR) is 89.0 cm³/mol. The molecule has 0 saturated carbocycles. The number of benzene rings is 1. The summed E-state index contributed by atoms with van der Waals surface area (Å²) >= 11 is 12.8. The summed E-state index contributed by atoms with van der Waals surface area (Å²) in [5.74, 6) is -2.19. The lowest BCUT2D eigenvalue weighted by molar-refractivity contribution is -0.113. The zero-order valence-corrected chi connectivity index (χ0v) is 14.5. The van der Waals surface area contributed by atoms with Crippen LogP contribution in [0.1, 0.15) is 5.56 Å². The minimum Gasteiger partial charge on any atom is -0.379 e. The summed E-state index contributed by atoms with van der Waals surface area (Å²) < 4.78 is 26.6. The monoisotopic (exact) mass is 401 g/mol. The summed E-state index contributed by atoms with van der Waals surface area (Å²) in [4.78, 5) is 15.3. The van der Waals surface area contributed by atoms with Gasteiger partial charge in [-0.05, 0) is 28.6 Å². The molecule has 1 aliphatic rings. The molecule has 2 heterocycles. The Labute approximate surface area is 155 Å². The Bertz CT molecular complexity index is 901. The van der Waals surface area contributed by atoms with Gasteiger partial charge in [0.05, 0.1) is 12.3 Å². The highest BCUT2D eigenvalue weighted by Crippen LogP contribution is 2.45. The number of alkyl halides is 2. The molecule has 0 fully saturated rings. The Hall–Kier alpha value is -2.23. The van der Waals surface area contributed by atoms with E-state index in [9.17, 15) is 18.7 Å². The Morgan fingerprint density at radius 3 is 2.62 bits per heavy atom. The van der Waals surface area contributed by atoms with Gasteiger partial charge in [-0.25, -0.2) is 13.5 Å². The predicted octanol–water partition coefficient (Wildman–Crippen LogP) is 1.59. The van der Waals surface area contributed by atoms with Crippen LogP contribution in [0.4, 0.5) is 8.78 Å². The van der Waals surface area contributed by atoms with Crippen molar-refractivity contribution in [1.82, 2.24) is 20.2 Å². The molecule has 26 heavy (non-hydrogen) atoms. The number of rotatable bonds is 5. The molecular formula is C15H11Cl2F2N5O2. The molecule has 0 spiro atoms. The maximum absolute atomic E-state index is 14.4. The molecule has 0 bridgehead atoms. The molecule has 7 nitrogen and oxygen atoms in total. The van der Waals surface area contributed by atoms with Crippen molar-refractivity contribution in [3.8, 4) is 0 Å². The number of hydrogen-bond donors (Lipinski definition) is 1. The van der Waals surface area contributed by atoms with Crippen molar-refractivity contribution in [1.29, 1.82) is 0 Å². The van der Waals surface area contributed by atoms with Gasteiger partial charge < -0.3 is 5.11 Å². The van der Waals surface area contributed by atoms with Crippen molar-refractivity contribution in [3.63, 3.8) is 0 Å². The lowest BCUT2D eigenvalue weighted by Crippen LogP contribution is -2.52. The first-order valence-electron chi connectivity index (χ1n) is 7.26. The van der Waals surface area contributed by atoms with Crippen molar-refractivity contribution in [2.45, 2.75) is 16.5 Å². The van der Waals surface area contributed by atoms with Crippen LogP contribution in [0, 0.1) is 11.6 Å². The number of nitrogens with zero attached hydrogens (tertiary/aromatic N) is 5. The molecule has 2 aromatic rings. The number of dihydropyridines is 1. The molecule has 136 valence electrons. The number of carbonyl (C=O) groups excluding carboxylic acids is 1. The van der Waals surface area contributed by atoms with Crippen LogP contribution in [0.2, 0.25) is 0 Å². The molecule has 0 aliphatic carbocycles. The van der Waals surface area contributed by atoms with E-state index in [1.54, 1.807) is 0 Å². The third-order valence-corrected chi connectivity index (χ3v) is 4.84. The number of carbonyl (C=O) groups is 1. The number of hydrogen-bond acceptors (Lipinski definition) is 6. The second-order valence-electron chi connectivity index (χ2n) is 5.57. The van der Waals surface area contributed by atoms with Crippen LogP contribution in [0.5, 0.6) is 0 Å². The molecule has 0 amide bonds. The summed E-state index contributed by atoms with van der Waals surface area (Å²) in [5.41, 5.74) is -2.78. The van der Waals surface area contributed by atoms with Crippen LogP contribution < -0.4 is 0 Å². The largest absolute Gasteiger partial charge is 0.379 e. The van der Waals surface area contributed by atoms with Gasteiger partial charge in [0.2, 0.25) is 0 Å². The number of aliphatic imine (C=N–C) groups is 1. The van der Waals surface area contributed by atoms with Crippen LogP contribution in [-0.4, -0.2) is 47.7 Å². The fourth-order valence-electron chi connectivity index (χ4n) is 2.52. The Morgan fingerprint density at radius 2 is 2.04 bits per heavy atom. The molecule has 0 radical (unpaired) electrons. The molecule has 11 heteroatoms. The van der Waals surface area contributed by atoms with Crippen molar-refractivity contribution < 1.29 is 18.7 Å². The van der Waals surface area contributed by atoms with E-state index in [-0.39, 0.29) is 23.6 Å². The van der Waals surface area contributed by atoms with Crippen molar-refractivity contribution in [3.05, 3.63) is 53.9 Å². The lowest BCUT2D eigenvalue weighted by atomic mass is 9.86. The van der Waals surface area contributed by atoms with Crippen LogP contribution in [0.25, 0.3) is 0 Å². The minimum atomic E-state index is -2.34. The highest BCUT2D eigenvalue weighted by Gasteiger charge is 2.54. The zero-order chi connectivity index (χ0) is 18.9. The lowest BCUT2D eigenvalue weighted by Gasteiger charge is -2.39. The maximum Gasteiger partial charge on any atom is 0.193 e. The van der Waals surface area contributed by atoms with Gasteiger partial charge in [-0.2, -0.15) is 0 Å². The van der Waals surface area contributed by atoms with Crippen molar-refractivity contribution in [2.24, 2.45) is 4.99 Å². The SMILES string of the molecule is O=C1C=CC(C(Cl)(Cl)C(O)(Cn2cnnn2)c2ccc(F)cc2F)=NC1. The summed E-state index contributed by atoms with van der Waals surface area (Å²) in [6, 6.07) is 2.56. The maximum atomic E-state index is 14.4. The van der Waals surface area contributed by atoms with E-state index in [2.05, 4.69) is 20.5 Å². The van der Waals surface area contributed by atoms with E-state index >= 15 is 0 Å². The van der Waals surface area contributed by atoms with Gasteiger partial charge in [0.15, 0.2) is 15.7 Å². The fraction of sp³-hybridized carbons (Fsp3) is 0.267. The van der Waals surface area contributed by atoms with Gasteiger partial charge in [0.25, 0.3) is 0 Å². The number of halogens is 4. The third-order valence-electron chi connectivity index (χ3n) is 3.83. The summed E-state index contributed by atoms with van der Waals surface area (Å²) in [6.45, 7) is -0.684. The minimum absolute atomic E-state index is 0.0558. The summed E-state index contributed by atoms with van der Waals surface area (Å²) in [6.07, 6.45) is 3.59. The highest BCUT2D eigenvalue weighted by atomic mass is 35.5. The number of allylic oxidation sites excluding steroid dienone is 1. The summed E-state index contributed by atoms with van der Waals surface area (Å²) in [7, 11) is 0. The third kappa shape index (κ3) is 3.25.